The Hall–Kier alpha value is -4.28. The molecule has 1 aromatic carbocycles. The summed E-state index contributed by atoms with van der Waals surface area (Å²) in [6.45, 7) is 8.06. The maximum atomic E-state index is 12.8. The number of nitrogens with zero attached hydrogens (tertiary/aromatic N) is 6. The molecule has 2 amide bonds. The molecule has 2 aromatic heterocycles. The van der Waals surface area contributed by atoms with Crippen LogP contribution in [0, 0.1) is 12.8 Å². The summed E-state index contributed by atoms with van der Waals surface area (Å²) in [4.78, 5) is 46.3. The molecule has 1 aliphatic rings. The quantitative estimate of drug-likeness (QED) is 0.402. The fourth-order valence-electron chi connectivity index (χ4n) is 4.21. The molecule has 3 aromatic rings. The van der Waals surface area contributed by atoms with Gasteiger partial charge in [0.05, 0.1) is 0 Å². The summed E-state index contributed by atoms with van der Waals surface area (Å²) in [7, 11) is 1.94. The first-order chi connectivity index (χ1) is 17.7. The topological polar surface area (TPSA) is 142 Å². The summed E-state index contributed by atoms with van der Waals surface area (Å²) in [5.41, 5.74) is 7.88. The van der Waals surface area contributed by atoms with Gasteiger partial charge in [-0.05, 0) is 49.1 Å². The number of pyridine rings is 1. The molecule has 1 atom stereocenters. The zero-order valence-electron chi connectivity index (χ0n) is 21.6. The van der Waals surface area contributed by atoms with Gasteiger partial charge in [0.25, 0.3) is 5.91 Å². The number of nitrogens with two attached hydrogens (primary N) is 1. The molecular weight excluding hydrogens is 470 g/mol. The van der Waals surface area contributed by atoms with Crippen molar-refractivity contribution in [2.24, 2.45) is 11.7 Å². The number of amides is 2. The first-order valence-corrected chi connectivity index (χ1v) is 12.3. The van der Waals surface area contributed by atoms with E-state index in [0.717, 1.165) is 18.5 Å². The molecular formula is C26H33N9O2. The Bertz CT molecular complexity index is 1270. The Balaban J connectivity index is 1.56. The van der Waals surface area contributed by atoms with Crippen molar-refractivity contribution in [2.45, 2.75) is 33.2 Å². The van der Waals surface area contributed by atoms with E-state index in [1.54, 1.807) is 41.4 Å². The van der Waals surface area contributed by atoms with E-state index in [1.165, 1.54) is 0 Å². The lowest BCUT2D eigenvalue weighted by molar-refractivity contribution is 0.0785. The minimum Gasteiger partial charge on any atom is -0.366 e. The third kappa shape index (κ3) is 6.49. The Morgan fingerprint density at radius 2 is 1.95 bits per heavy atom. The van der Waals surface area contributed by atoms with Crippen molar-refractivity contribution < 1.29 is 9.59 Å². The molecule has 0 radical (unpaired) electrons. The number of rotatable bonds is 9. The second kappa shape index (κ2) is 11.2. The van der Waals surface area contributed by atoms with Gasteiger partial charge < -0.3 is 26.2 Å². The van der Waals surface area contributed by atoms with Crippen molar-refractivity contribution in [3.63, 3.8) is 0 Å². The summed E-state index contributed by atoms with van der Waals surface area (Å²) in [5.74, 6) is 1.06. The predicted octanol–water partition coefficient (Wildman–Crippen LogP) is 2.84. The molecule has 1 saturated heterocycles. The number of benzene rings is 1. The molecule has 4 N–H and O–H groups in total. The van der Waals surface area contributed by atoms with E-state index >= 15 is 0 Å². The van der Waals surface area contributed by atoms with Gasteiger partial charge in [0, 0.05) is 50.2 Å². The Labute approximate surface area is 216 Å². The molecule has 0 spiro atoms. The van der Waals surface area contributed by atoms with Crippen molar-refractivity contribution in [1.29, 1.82) is 0 Å². The van der Waals surface area contributed by atoms with Crippen LogP contribution in [0.5, 0.6) is 0 Å². The number of primary amides is 1. The van der Waals surface area contributed by atoms with E-state index in [2.05, 4.69) is 44.4 Å². The molecule has 3 heterocycles. The van der Waals surface area contributed by atoms with Crippen LogP contribution in [0.2, 0.25) is 0 Å². The van der Waals surface area contributed by atoms with Gasteiger partial charge >= 0.3 is 0 Å². The average Bonchev–Trinajstić information content (AvgIpc) is 3.33. The van der Waals surface area contributed by atoms with Crippen LogP contribution in [0.4, 0.5) is 23.5 Å². The highest BCUT2D eigenvalue weighted by atomic mass is 16.2. The van der Waals surface area contributed by atoms with Gasteiger partial charge in [-0.15, -0.1) is 0 Å². The fraction of sp³-hybridized carbons (Fsp3) is 0.385. The lowest BCUT2D eigenvalue weighted by Crippen LogP contribution is -2.32. The fourth-order valence-corrected chi connectivity index (χ4v) is 4.21. The standard InChI is InChI=1S/C26H33N9O2/c1-16(2)14-34(4)26-32-24(29-19-10-12-35(15-19)23(37)20-7-5-6-11-28-20)31-25(33-26)30-21-13-18(22(27)36)9-8-17(21)3/h5-9,11,13,16,19H,10,12,14-15H2,1-4H3,(H2,27,36)(H2,29,30,31,32,33)/t19-/m0/s1. The van der Waals surface area contributed by atoms with E-state index in [-0.39, 0.29) is 11.9 Å². The van der Waals surface area contributed by atoms with Crippen LogP contribution in [-0.2, 0) is 0 Å². The van der Waals surface area contributed by atoms with Crippen molar-refractivity contribution in [3.8, 4) is 0 Å². The second-order valence-corrected chi connectivity index (χ2v) is 9.67. The van der Waals surface area contributed by atoms with Gasteiger partial charge in [-0.1, -0.05) is 26.0 Å². The van der Waals surface area contributed by atoms with Gasteiger partial charge in [-0.25, -0.2) is 0 Å². The molecule has 37 heavy (non-hydrogen) atoms. The highest BCUT2D eigenvalue weighted by Crippen LogP contribution is 2.23. The molecule has 0 bridgehead atoms. The predicted molar refractivity (Wildman–Crippen MR) is 143 cm³/mol. The SMILES string of the molecule is Cc1ccc(C(N)=O)cc1Nc1nc(N[C@H]2CCN(C(=O)c3ccccn3)C2)nc(N(C)CC(C)C)n1. The molecule has 11 heteroatoms. The maximum absolute atomic E-state index is 12.8. The number of hydrogen-bond acceptors (Lipinski definition) is 9. The molecule has 0 unspecified atom stereocenters. The molecule has 4 rings (SSSR count). The third-order valence-corrected chi connectivity index (χ3v) is 6.07. The highest BCUT2D eigenvalue weighted by molar-refractivity contribution is 5.94. The summed E-state index contributed by atoms with van der Waals surface area (Å²) in [6.07, 6.45) is 2.37. The zero-order chi connectivity index (χ0) is 26.5. The van der Waals surface area contributed by atoms with Gasteiger partial charge in [-0.2, -0.15) is 15.0 Å². The minimum absolute atomic E-state index is 0.0221. The summed E-state index contributed by atoms with van der Waals surface area (Å²) >= 11 is 0. The van der Waals surface area contributed by atoms with Gasteiger partial charge in [0.1, 0.15) is 5.69 Å². The minimum atomic E-state index is -0.510. The number of aromatic nitrogens is 4. The van der Waals surface area contributed by atoms with Crippen molar-refractivity contribution in [1.82, 2.24) is 24.8 Å². The van der Waals surface area contributed by atoms with Crippen LogP contribution in [0.3, 0.4) is 0 Å². The first-order valence-electron chi connectivity index (χ1n) is 12.3. The van der Waals surface area contributed by atoms with Crippen LogP contribution in [-0.4, -0.2) is 69.4 Å². The zero-order valence-corrected chi connectivity index (χ0v) is 21.6. The van der Waals surface area contributed by atoms with Crippen LogP contribution < -0.4 is 21.3 Å². The number of anilines is 4. The summed E-state index contributed by atoms with van der Waals surface area (Å²) in [5, 5.41) is 6.60. The first kappa shape index (κ1) is 25.8. The van der Waals surface area contributed by atoms with Gasteiger partial charge in [-0.3, -0.25) is 14.6 Å². The van der Waals surface area contributed by atoms with E-state index in [9.17, 15) is 9.59 Å². The smallest absolute Gasteiger partial charge is 0.272 e. The normalized spacial score (nSPS) is 15.1. The molecule has 1 aliphatic heterocycles. The molecule has 194 valence electrons. The molecule has 11 nitrogen and oxygen atoms in total. The van der Waals surface area contributed by atoms with E-state index < -0.39 is 5.91 Å². The Morgan fingerprint density at radius 3 is 2.65 bits per heavy atom. The lowest BCUT2D eigenvalue weighted by atomic mass is 10.1. The van der Waals surface area contributed by atoms with Crippen LogP contribution >= 0.6 is 0 Å². The molecule has 0 saturated carbocycles. The average molecular weight is 504 g/mol. The van der Waals surface area contributed by atoms with E-state index in [4.69, 9.17) is 5.73 Å². The monoisotopic (exact) mass is 503 g/mol. The van der Waals surface area contributed by atoms with Crippen LogP contribution in [0.15, 0.2) is 42.6 Å². The van der Waals surface area contributed by atoms with Crippen molar-refractivity contribution in [3.05, 3.63) is 59.4 Å². The Morgan fingerprint density at radius 1 is 1.16 bits per heavy atom. The van der Waals surface area contributed by atoms with Gasteiger partial charge in [0.2, 0.25) is 23.8 Å². The number of hydrogen-bond donors (Lipinski definition) is 3. The summed E-state index contributed by atoms with van der Waals surface area (Å²) in [6, 6.07) is 10.5. The van der Waals surface area contributed by atoms with Crippen molar-refractivity contribution in [2.75, 3.05) is 42.2 Å². The summed E-state index contributed by atoms with van der Waals surface area (Å²) < 4.78 is 0. The van der Waals surface area contributed by atoms with Crippen molar-refractivity contribution >= 4 is 35.3 Å². The second-order valence-electron chi connectivity index (χ2n) is 9.67. The van der Waals surface area contributed by atoms with Crippen LogP contribution in [0.25, 0.3) is 0 Å². The largest absolute Gasteiger partial charge is 0.366 e. The number of carbonyl (C=O) groups is 2. The van der Waals surface area contributed by atoms with E-state index in [0.29, 0.717) is 53.8 Å². The third-order valence-electron chi connectivity index (χ3n) is 6.07. The molecule has 1 fully saturated rings. The number of carbonyl (C=O) groups excluding carboxylic acids is 2. The van der Waals surface area contributed by atoms with E-state index in [1.807, 2.05) is 24.9 Å². The number of aryl methyl sites for hydroxylation is 1. The molecule has 0 aliphatic carbocycles. The number of likely N-dealkylation sites (tertiary alicyclic amines) is 1. The highest BCUT2D eigenvalue weighted by Gasteiger charge is 2.28. The lowest BCUT2D eigenvalue weighted by Gasteiger charge is -2.21. The maximum Gasteiger partial charge on any atom is 0.272 e. The van der Waals surface area contributed by atoms with Crippen LogP contribution in [0.1, 0.15) is 46.7 Å². The Kier molecular flexibility index (Phi) is 7.80. The van der Waals surface area contributed by atoms with Gasteiger partial charge in [0.15, 0.2) is 0 Å². The number of nitrogens with one attached hydrogen (secondary N) is 2.